The minimum atomic E-state index is -0.316. The van der Waals surface area contributed by atoms with Gasteiger partial charge in [0.05, 0.1) is 5.56 Å². The van der Waals surface area contributed by atoms with Crippen LogP contribution in [0.15, 0.2) is 64.6 Å². The third-order valence-electron chi connectivity index (χ3n) is 3.73. The summed E-state index contributed by atoms with van der Waals surface area (Å²) in [5.74, 6) is -0.00368. The Kier molecular flexibility index (Phi) is 4.10. The first kappa shape index (κ1) is 16.0. The number of rotatable bonds is 3. The molecule has 0 unspecified atom stereocenters. The SMILES string of the molecule is O=C(Nc1c(-c2ccc(F)cc2)nc2sccn12)c1ccccc1Br. The van der Waals surface area contributed by atoms with Crippen molar-refractivity contribution >= 4 is 44.0 Å². The van der Waals surface area contributed by atoms with E-state index >= 15 is 0 Å². The first-order valence-electron chi connectivity index (χ1n) is 7.41. The fourth-order valence-corrected chi connectivity index (χ4v) is 3.71. The minimum Gasteiger partial charge on any atom is -0.306 e. The number of carbonyl (C=O) groups is 1. The molecule has 0 saturated carbocycles. The van der Waals surface area contributed by atoms with Gasteiger partial charge in [0.1, 0.15) is 17.3 Å². The van der Waals surface area contributed by atoms with E-state index in [-0.39, 0.29) is 11.7 Å². The number of nitrogens with one attached hydrogen (secondary N) is 1. The van der Waals surface area contributed by atoms with Gasteiger partial charge >= 0.3 is 0 Å². The van der Waals surface area contributed by atoms with Gasteiger partial charge in [-0.3, -0.25) is 9.20 Å². The summed E-state index contributed by atoms with van der Waals surface area (Å²) in [5.41, 5.74) is 1.87. The number of halogens is 2. The Labute approximate surface area is 155 Å². The molecule has 25 heavy (non-hydrogen) atoms. The molecule has 4 nitrogen and oxygen atoms in total. The van der Waals surface area contributed by atoms with E-state index in [2.05, 4.69) is 26.2 Å². The number of thiazole rings is 1. The topological polar surface area (TPSA) is 46.4 Å². The highest BCUT2D eigenvalue weighted by molar-refractivity contribution is 9.10. The Hall–Kier alpha value is -2.51. The molecule has 1 N–H and O–H groups in total. The number of hydrogen-bond acceptors (Lipinski definition) is 3. The van der Waals surface area contributed by atoms with Crippen LogP contribution >= 0.6 is 27.3 Å². The number of carbonyl (C=O) groups excluding carboxylic acids is 1. The van der Waals surface area contributed by atoms with Crippen molar-refractivity contribution in [3.05, 3.63) is 76.0 Å². The highest BCUT2D eigenvalue weighted by Gasteiger charge is 2.19. The number of amides is 1. The van der Waals surface area contributed by atoms with E-state index in [1.165, 1.54) is 23.5 Å². The first-order valence-corrected chi connectivity index (χ1v) is 9.08. The van der Waals surface area contributed by atoms with E-state index in [9.17, 15) is 9.18 Å². The summed E-state index contributed by atoms with van der Waals surface area (Å²) in [4.78, 5) is 18.0. The molecule has 0 fully saturated rings. The molecule has 0 spiro atoms. The number of nitrogens with zero attached hydrogens (tertiary/aromatic N) is 2. The Morgan fingerprint density at radius 1 is 1.16 bits per heavy atom. The molecule has 0 aliphatic rings. The van der Waals surface area contributed by atoms with Crippen molar-refractivity contribution in [3.63, 3.8) is 0 Å². The summed E-state index contributed by atoms with van der Waals surface area (Å²) >= 11 is 4.86. The molecule has 0 bridgehead atoms. The van der Waals surface area contributed by atoms with Crippen molar-refractivity contribution in [3.8, 4) is 11.3 Å². The van der Waals surface area contributed by atoms with Gasteiger partial charge in [-0.2, -0.15) is 0 Å². The zero-order chi connectivity index (χ0) is 17.4. The van der Waals surface area contributed by atoms with Gasteiger partial charge in [-0.25, -0.2) is 9.37 Å². The maximum Gasteiger partial charge on any atom is 0.257 e. The summed E-state index contributed by atoms with van der Waals surface area (Å²) in [7, 11) is 0. The summed E-state index contributed by atoms with van der Waals surface area (Å²) in [6.45, 7) is 0. The van der Waals surface area contributed by atoms with Crippen LogP contribution in [-0.2, 0) is 0 Å². The number of aromatic nitrogens is 2. The standard InChI is InChI=1S/C18H11BrFN3OS/c19-14-4-2-1-3-13(14)17(24)22-16-15(11-5-7-12(20)8-6-11)21-18-23(16)9-10-25-18/h1-10H,(H,22,24). The van der Waals surface area contributed by atoms with Gasteiger partial charge in [-0.15, -0.1) is 11.3 Å². The minimum absolute atomic E-state index is 0.246. The molecule has 124 valence electrons. The molecular formula is C18H11BrFN3OS. The largest absolute Gasteiger partial charge is 0.306 e. The molecule has 2 aromatic heterocycles. The Bertz CT molecular complexity index is 1070. The molecular weight excluding hydrogens is 405 g/mol. The second-order valence-corrected chi connectivity index (χ2v) is 7.03. The predicted molar refractivity (Wildman–Crippen MR) is 101 cm³/mol. The average molecular weight is 416 g/mol. The van der Waals surface area contributed by atoms with Gasteiger partial charge in [0.25, 0.3) is 5.91 Å². The zero-order valence-electron chi connectivity index (χ0n) is 12.7. The van der Waals surface area contributed by atoms with Crippen LogP contribution in [0.5, 0.6) is 0 Å². The van der Waals surface area contributed by atoms with E-state index in [1.54, 1.807) is 24.3 Å². The van der Waals surface area contributed by atoms with Crippen molar-refractivity contribution in [2.24, 2.45) is 0 Å². The number of fused-ring (bicyclic) bond motifs is 1. The zero-order valence-corrected chi connectivity index (χ0v) is 15.1. The second-order valence-electron chi connectivity index (χ2n) is 5.31. The van der Waals surface area contributed by atoms with Gasteiger partial charge in [-0.1, -0.05) is 12.1 Å². The Morgan fingerprint density at radius 2 is 1.92 bits per heavy atom. The van der Waals surface area contributed by atoms with E-state index in [0.717, 1.165) is 10.5 Å². The van der Waals surface area contributed by atoms with Crippen LogP contribution in [-0.4, -0.2) is 15.3 Å². The molecule has 0 aliphatic heterocycles. The van der Waals surface area contributed by atoms with Crippen LogP contribution in [0.1, 0.15) is 10.4 Å². The number of anilines is 1. The predicted octanol–water partition coefficient (Wildman–Crippen LogP) is 5.22. The molecule has 0 radical (unpaired) electrons. The normalized spacial score (nSPS) is 11.0. The quantitative estimate of drug-likeness (QED) is 0.498. The van der Waals surface area contributed by atoms with Crippen LogP contribution in [0.4, 0.5) is 10.2 Å². The molecule has 4 rings (SSSR count). The molecule has 7 heteroatoms. The highest BCUT2D eigenvalue weighted by atomic mass is 79.9. The maximum absolute atomic E-state index is 13.2. The fourth-order valence-electron chi connectivity index (χ4n) is 2.53. The number of benzene rings is 2. The second kappa shape index (κ2) is 6.42. The molecule has 2 aromatic carbocycles. The van der Waals surface area contributed by atoms with Crippen molar-refractivity contribution in [1.29, 1.82) is 0 Å². The van der Waals surface area contributed by atoms with E-state index < -0.39 is 0 Å². The average Bonchev–Trinajstić information content (AvgIpc) is 3.19. The maximum atomic E-state index is 13.2. The van der Waals surface area contributed by atoms with E-state index in [1.807, 2.05) is 28.1 Å². The Morgan fingerprint density at radius 3 is 2.68 bits per heavy atom. The van der Waals surface area contributed by atoms with Gasteiger partial charge in [-0.05, 0) is 52.3 Å². The highest BCUT2D eigenvalue weighted by Crippen LogP contribution is 2.31. The third kappa shape index (κ3) is 2.96. The van der Waals surface area contributed by atoms with Gasteiger partial charge in [0.15, 0.2) is 4.96 Å². The lowest BCUT2D eigenvalue weighted by molar-refractivity contribution is 0.102. The van der Waals surface area contributed by atoms with Gasteiger partial charge < -0.3 is 5.32 Å². The van der Waals surface area contributed by atoms with E-state index in [0.29, 0.717) is 21.5 Å². The lowest BCUT2D eigenvalue weighted by atomic mass is 10.1. The number of imidazole rings is 1. The van der Waals surface area contributed by atoms with Crippen LogP contribution in [0, 0.1) is 5.82 Å². The summed E-state index contributed by atoms with van der Waals surface area (Å²) in [5, 5.41) is 4.83. The molecule has 0 atom stereocenters. The van der Waals surface area contributed by atoms with E-state index in [4.69, 9.17) is 0 Å². The van der Waals surface area contributed by atoms with Crippen LogP contribution in [0.25, 0.3) is 16.2 Å². The van der Waals surface area contributed by atoms with Gasteiger partial charge in [0.2, 0.25) is 0 Å². The first-order chi connectivity index (χ1) is 12.1. The lowest BCUT2D eigenvalue weighted by Crippen LogP contribution is -2.14. The molecule has 4 aromatic rings. The summed E-state index contributed by atoms with van der Waals surface area (Å²) in [6.07, 6.45) is 1.84. The van der Waals surface area contributed by atoms with Crippen molar-refractivity contribution in [2.75, 3.05) is 5.32 Å². The lowest BCUT2D eigenvalue weighted by Gasteiger charge is -2.08. The van der Waals surface area contributed by atoms with Crippen molar-refractivity contribution in [1.82, 2.24) is 9.38 Å². The third-order valence-corrected chi connectivity index (χ3v) is 5.18. The number of hydrogen-bond donors (Lipinski definition) is 1. The molecule has 0 saturated heterocycles. The summed E-state index contributed by atoms with van der Waals surface area (Å²) in [6, 6.07) is 13.3. The van der Waals surface area contributed by atoms with Crippen molar-refractivity contribution < 1.29 is 9.18 Å². The molecule has 2 heterocycles. The van der Waals surface area contributed by atoms with Crippen molar-refractivity contribution in [2.45, 2.75) is 0 Å². The molecule has 1 amide bonds. The monoisotopic (exact) mass is 415 g/mol. The smallest absolute Gasteiger partial charge is 0.257 e. The van der Waals surface area contributed by atoms with Crippen LogP contribution in [0.3, 0.4) is 0 Å². The molecule has 0 aliphatic carbocycles. The van der Waals surface area contributed by atoms with Crippen LogP contribution < -0.4 is 5.32 Å². The fraction of sp³-hybridized carbons (Fsp3) is 0. The van der Waals surface area contributed by atoms with Crippen LogP contribution in [0.2, 0.25) is 0 Å². The Balaban J connectivity index is 1.79. The summed E-state index contributed by atoms with van der Waals surface area (Å²) < 4.78 is 15.8. The van der Waals surface area contributed by atoms with Gasteiger partial charge in [0, 0.05) is 21.6 Å².